The summed E-state index contributed by atoms with van der Waals surface area (Å²) in [6.07, 6.45) is 3.49. The zero-order valence-electron chi connectivity index (χ0n) is 17.3. The first-order valence-corrected chi connectivity index (χ1v) is 10.7. The number of hydrogen-bond donors (Lipinski definition) is 2. The average Bonchev–Trinajstić information content (AvgIpc) is 3.10. The highest BCUT2D eigenvalue weighted by molar-refractivity contribution is 6.07. The van der Waals surface area contributed by atoms with Crippen LogP contribution in [-0.2, 0) is 11.2 Å². The summed E-state index contributed by atoms with van der Waals surface area (Å²) in [5.74, 6) is -0.198. The number of aromatic hydroxyl groups is 1. The molecule has 31 heavy (non-hydrogen) atoms. The summed E-state index contributed by atoms with van der Waals surface area (Å²) >= 11 is 0. The third-order valence-corrected chi connectivity index (χ3v) is 6.66. The molecule has 0 amide bonds. The van der Waals surface area contributed by atoms with Gasteiger partial charge in [-0.3, -0.25) is 9.59 Å². The molecule has 160 valence electrons. The van der Waals surface area contributed by atoms with Gasteiger partial charge in [-0.1, -0.05) is 37.3 Å². The fourth-order valence-corrected chi connectivity index (χ4v) is 4.91. The van der Waals surface area contributed by atoms with Crippen molar-refractivity contribution in [3.63, 3.8) is 0 Å². The molecule has 2 N–H and O–H groups in total. The van der Waals surface area contributed by atoms with Gasteiger partial charge >= 0.3 is 5.97 Å². The Balaban J connectivity index is 1.69. The van der Waals surface area contributed by atoms with E-state index in [1.807, 2.05) is 30.3 Å². The Kier molecular flexibility index (Phi) is 4.54. The number of carbonyl (C=O) groups is 2. The molecular weight excluding hydrogens is 396 g/mol. The average molecular weight is 420 g/mol. The number of ketones is 1. The van der Waals surface area contributed by atoms with Gasteiger partial charge in [-0.25, -0.2) is 0 Å². The molecule has 1 saturated carbocycles. The number of aliphatic carboxylic acids is 1. The predicted molar refractivity (Wildman–Crippen MR) is 115 cm³/mol. The number of rotatable bonds is 3. The molecule has 1 fully saturated rings. The molecular formula is C25H24O6. The smallest absolute Gasteiger partial charge is 0.307 e. The Bertz CT molecular complexity index is 1180. The molecule has 0 atom stereocenters. The summed E-state index contributed by atoms with van der Waals surface area (Å²) < 4.78 is 12.3. The fourth-order valence-electron chi connectivity index (χ4n) is 4.91. The molecule has 0 radical (unpaired) electrons. The van der Waals surface area contributed by atoms with E-state index in [2.05, 4.69) is 6.92 Å². The van der Waals surface area contributed by atoms with Crippen molar-refractivity contribution in [1.29, 1.82) is 0 Å². The summed E-state index contributed by atoms with van der Waals surface area (Å²) in [5, 5.41) is 21.0. The Morgan fingerprint density at radius 3 is 2.58 bits per heavy atom. The molecule has 6 heteroatoms. The summed E-state index contributed by atoms with van der Waals surface area (Å²) in [4.78, 5) is 24.7. The van der Waals surface area contributed by atoms with Gasteiger partial charge < -0.3 is 19.4 Å². The molecule has 1 spiro atoms. The van der Waals surface area contributed by atoms with E-state index in [4.69, 9.17) is 9.15 Å². The van der Waals surface area contributed by atoms with Gasteiger partial charge in [0.05, 0.1) is 18.4 Å². The van der Waals surface area contributed by atoms with Crippen LogP contribution in [-0.4, -0.2) is 27.6 Å². The number of phenolic OH excluding ortho intramolecular Hbond substituents is 1. The van der Waals surface area contributed by atoms with Gasteiger partial charge in [-0.15, -0.1) is 0 Å². The second kappa shape index (κ2) is 7.15. The van der Waals surface area contributed by atoms with E-state index in [0.717, 1.165) is 25.7 Å². The third kappa shape index (κ3) is 3.26. The van der Waals surface area contributed by atoms with Crippen molar-refractivity contribution < 1.29 is 29.0 Å². The van der Waals surface area contributed by atoms with Gasteiger partial charge in [0.25, 0.3) is 0 Å². The number of fused-ring (bicyclic) bond motifs is 2. The van der Waals surface area contributed by atoms with Gasteiger partial charge in [-0.2, -0.15) is 0 Å². The van der Waals surface area contributed by atoms with Crippen LogP contribution in [0.25, 0.3) is 22.3 Å². The lowest BCUT2D eigenvalue weighted by Gasteiger charge is -2.42. The molecule has 0 saturated heterocycles. The number of ether oxygens (including phenoxy) is 1. The maximum absolute atomic E-state index is 13.1. The number of carbonyl (C=O) groups excluding carboxylic acids is 1. The first-order chi connectivity index (χ1) is 14.9. The van der Waals surface area contributed by atoms with Crippen LogP contribution < -0.4 is 4.74 Å². The van der Waals surface area contributed by atoms with Crippen LogP contribution in [0.15, 0.2) is 40.8 Å². The molecule has 2 aromatic carbocycles. The minimum Gasteiger partial charge on any atom is -0.502 e. The largest absolute Gasteiger partial charge is 0.502 e. The van der Waals surface area contributed by atoms with Crippen molar-refractivity contribution in [2.24, 2.45) is 5.92 Å². The van der Waals surface area contributed by atoms with Crippen LogP contribution in [0.5, 0.6) is 11.5 Å². The Labute approximate surface area is 179 Å². The lowest BCUT2D eigenvalue weighted by Crippen LogP contribution is -2.44. The van der Waals surface area contributed by atoms with Crippen molar-refractivity contribution >= 4 is 22.7 Å². The number of Topliss-reactive ketones (excluding diaryl/α,β-unsaturated/α-hetero) is 1. The second-order valence-electron chi connectivity index (χ2n) is 8.89. The standard InChI is InChI=1S/C25H24O6/c1-14-7-9-25(10-8-14)13-19(26)18-11-16-17(12-20(27)28)22(15-5-3-2-4-6-15)30-23(16)21(29)24(18)31-25/h2-6,11,14,29H,7-10,12-13H2,1H3,(H,27,28). The van der Waals surface area contributed by atoms with E-state index < -0.39 is 11.6 Å². The molecule has 0 bridgehead atoms. The summed E-state index contributed by atoms with van der Waals surface area (Å²) in [5.41, 5.74) is 1.01. The number of hydrogen-bond acceptors (Lipinski definition) is 5. The van der Waals surface area contributed by atoms with E-state index in [1.54, 1.807) is 6.07 Å². The molecule has 0 unspecified atom stereocenters. The minimum atomic E-state index is -1.02. The van der Waals surface area contributed by atoms with Gasteiger partial charge in [0, 0.05) is 16.5 Å². The van der Waals surface area contributed by atoms with E-state index in [1.165, 1.54) is 0 Å². The second-order valence-corrected chi connectivity index (χ2v) is 8.89. The monoisotopic (exact) mass is 420 g/mol. The summed E-state index contributed by atoms with van der Waals surface area (Å²) in [6, 6.07) is 10.8. The van der Waals surface area contributed by atoms with Crippen molar-refractivity contribution in [2.45, 2.75) is 51.0 Å². The lowest BCUT2D eigenvalue weighted by atomic mass is 9.75. The van der Waals surface area contributed by atoms with E-state index in [0.29, 0.717) is 33.8 Å². The molecule has 2 heterocycles. The van der Waals surface area contributed by atoms with Crippen molar-refractivity contribution in [1.82, 2.24) is 0 Å². The Hall–Kier alpha value is -3.28. The van der Waals surface area contributed by atoms with Crippen molar-refractivity contribution in [3.05, 3.63) is 47.5 Å². The highest BCUT2D eigenvalue weighted by Crippen LogP contribution is 2.50. The number of carboxylic acid groups (broad SMARTS) is 1. The highest BCUT2D eigenvalue weighted by Gasteiger charge is 2.44. The number of benzene rings is 2. The maximum Gasteiger partial charge on any atom is 0.307 e. The number of phenols is 1. The van der Waals surface area contributed by atoms with Crippen LogP contribution in [0, 0.1) is 5.92 Å². The number of carboxylic acids is 1. The van der Waals surface area contributed by atoms with E-state index in [-0.39, 0.29) is 35.7 Å². The normalized spacial score (nSPS) is 23.0. The third-order valence-electron chi connectivity index (χ3n) is 6.66. The lowest BCUT2D eigenvalue weighted by molar-refractivity contribution is -0.136. The van der Waals surface area contributed by atoms with E-state index >= 15 is 0 Å². The van der Waals surface area contributed by atoms with E-state index in [9.17, 15) is 19.8 Å². The Morgan fingerprint density at radius 2 is 1.90 bits per heavy atom. The van der Waals surface area contributed by atoms with Crippen LogP contribution >= 0.6 is 0 Å². The Morgan fingerprint density at radius 1 is 1.19 bits per heavy atom. The summed E-state index contributed by atoms with van der Waals surface area (Å²) in [6.45, 7) is 2.20. The van der Waals surface area contributed by atoms with Crippen LogP contribution in [0.3, 0.4) is 0 Å². The highest BCUT2D eigenvalue weighted by atomic mass is 16.5. The van der Waals surface area contributed by atoms with Crippen molar-refractivity contribution in [3.8, 4) is 22.8 Å². The molecule has 6 nitrogen and oxygen atoms in total. The topological polar surface area (TPSA) is 97.0 Å². The van der Waals surface area contributed by atoms with Crippen LogP contribution in [0.1, 0.15) is 54.9 Å². The molecule has 1 aliphatic carbocycles. The van der Waals surface area contributed by atoms with Crippen molar-refractivity contribution in [2.75, 3.05) is 0 Å². The van der Waals surface area contributed by atoms with Gasteiger partial charge in [0.1, 0.15) is 11.4 Å². The molecule has 1 aliphatic heterocycles. The van der Waals surface area contributed by atoms with Gasteiger partial charge in [0.2, 0.25) is 5.75 Å². The van der Waals surface area contributed by atoms with Crippen LogP contribution in [0.4, 0.5) is 0 Å². The van der Waals surface area contributed by atoms with Gasteiger partial charge in [0.15, 0.2) is 17.1 Å². The molecule has 1 aromatic heterocycles. The summed E-state index contributed by atoms with van der Waals surface area (Å²) in [7, 11) is 0. The minimum absolute atomic E-state index is 0.0864. The quantitative estimate of drug-likeness (QED) is 0.593. The first kappa shape index (κ1) is 19.7. The van der Waals surface area contributed by atoms with Crippen LogP contribution in [0.2, 0.25) is 0 Å². The molecule has 2 aliphatic rings. The first-order valence-electron chi connectivity index (χ1n) is 10.7. The molecule has 5 rings (SSSR count). The van der Waals surface area contributed by atoms with Gasteiger partial charge in [-0.05, 0) is 37.7 Å². The maximum atomic E-state index is 13.1. The SMILES string of the molecule is CC1CCC2(CC1)CC(=O)c1cc3c(CC(=O)O)c(-c4ccccc4)oc3c(O)c1O2. The molecule has 3 aromatic rings. The number of furan rings is 1. The zero-order valence-corrected chi connectivity index (χ0v) is 17.3. The zero-order chi connectivity index (χ0) is 21.8. The fraction of sp³-hybridized carbons (Fsp3) is 0.360. The predicted octanol–water partition coefficient (Wildman–Crippen LogP) is 5.35.